The van der Waals surface area contributed by atoms with Crippen LogP contribution in [0.15, 0.2) is 52.2 Å². The lowest BCUT2D eigenvalue weighted by Crippen LogP contribution is -2.51. The third-order valence-corrected chi connectivity index (χ3v) is 9.52. The number of halogens is 2. The molecule has 51 heavy (non-hydrogen) atoms. The van der Waals surface area contributed by atoms with Crippen molar-refractivity contribution >= 4 is 35.3 Å². The molecule has 0 bridgehead atoms. The summed E-state index contributed by atoms with van der Waals surface area (Å²) in [6.07, 6.45) is 1.54. The molecule has 2 aliphatic heterocycles. The molecule has 3 heterocycles. The van der Waals surface area contributed by atoms with Crippen LogP contribution in [-0.4, -0.2) is 81.9 Å². The fourth-order valence-electron chi connectivity index (χ4n) is 6.50. The number of ether oxygens (including phenoxy) is 2. The number of alkyl carbamates (subject to hydrolysis) is 1. The number of piperidine rings is 1. The molecule has 2 atom stereocenters. The molecule has 1 fully saturated rings. The fraction of sp³-hybridized carbons (Fsp3) is 0.472. The Hall–Kier alpha value is -4.85. The Morgan fingerprint density at radius 3 is 2.47 bits per heavy atom. The monoisotopic (exact) mass is 726 g/mol. The number of rotatable bonds is 8. The number of amides is 4. The van der Waals surface area contributed by atoms with E-state index in [0.717, 1.165) is 26.5 Å². The van der Waals surface area contributed by atoms with Crippen LogP contribution < -0.4 is 26.6 Å². The van der Waals surface area contributed by atoms with Gasteiger partial charge in [-0.15, -0.1) is 0 Å². The van der Waals surface area contributed by atoms with Gasteiger partial charge in [0.25, 0.3) is 5.56 Å². The highest BCUT2D eigenvalue weighted by Gasteiger charge is 2.34. The average Bonchev–Trinajstić information content (AvgIpc) is 3.20. The fourth-order valence-corrected chi connectivity index (χ4v) is 6.72. The van der Waals surface area contributed by atoms with Crippen LogP contribution in [0.5, 0.6) is 5.75 Å². The van der Waals surface area contributed by atoms with Crippen LogP contribution in [-0.2, 0) is 16.1 Å². The Labute approximate surface area is 300 Å². The molecule has 2 N–H and O–H groups in total. The summed E-state index contributed by atoms with van der Waals surface area (Å²) in [7, 11) is 1.60. The zero-order valence-electron chi connectivity index (χ0n) is 29.6. The van der Waals surface area contributed by atoms with Gasteiger partial charge in [-0.2, -0.15) is 0 Å². The third-order valence-electron chi connectivity index (χ3n) is 9.14. The Kier molecular flexibility index (Phi) is 11.1. The molecule has 0 aliphatic carbocycles. The Morgan fingerprint density at radius 2 is 1.80 bits per heavy atom. The first-order valence-corrected chi connectivity index (χ1v) is 17.3. The van der Waals surface area contributed by atoms with Gasteiger partial charge in [0.05, 0.1) is 23.7 Å². The number of carbonyl (C=O) groups is 3. The van der Waals surface area contributed by atoms with Gasteiger partial charge in [0.15, 0.2) is 0 Å². The van der Waals surface area contributed by atoms with Crippen molar-refractivity contribution in [1.82, 2.24) is 24.3 Å². The van der Waals surface area contributed by atoms with Crippen LogP contribution in [0.3, 0.4) is 0 Å². The van der Waals surface area contributed by atoms with Gasteiger partial charge in [-0.1, -0.05) is 30.7 Å². The van der Waals surface area contributed by atoms with E-state index in [0.29, 0.717) is 38.2 Å². The standard InChI is InChI=1S/C36H44ClFN6O7/c1-21-18-43(33(47)40-29-11-10-24(50-6)16-26(21)29)23-12-14-41(15-13-23)30(45)20-42-19-27(25-8-7-9-28(38)31(25)37)32(46)44(35(42)49)22(2)17-39-34(48)51-36(3,4)5/h7-11,16,19,21-23H,12-15,17-18,20H2,1-6H3,(H,39,48)(H,40,47)/t21?,22-/m0/s1. The van der Waals surface area contributed by atoms with E-state index in [1.54, 1.807) is 45.8 Å². The van der Waals surface area contributed by atoms with Crippen LogP contribution in [0.1, 0.15) is 65.0 Å². The van der Waals surface area contributed by atoms with Crippen molar-refractivity contribution in [1.29, 1.82) is 0 Å². The minimum absolute atomic E-state index is 0.0405. The molecule has 3 aromatic rings. The van der Waals surface area contributed by atoms with E-state index in [1.165, 1.54) is 18.3 Å². The average molecular weight is 727 g/mol. The van der Waals surface area contributed by atoms with Crippen LogP contribution >= 0.6 is 11.6 Å². The van der Waals surface area contributed by atoms with Gasteiger partial charge >= 0.3 is 17.8 Å². The number of aromatic nitrogens is 2. The number of urea groups is 1. The maximum Gasteiger partial charge on any atom is 0.407 e. The maximum absolute atomic E-state index is 14.5. The number of carbonyl (C=O) groups excluding carboxylic acids is 3. The number of methoxy groups -OCH3 is 1. The van der Waals surface area contributed by atoms with Gasteiger partial charge in [0, 0.05) is 55.6 Å². The molecule has 4 amide bonds. The van der Waals surface area contributed by atoms with Gasteiger partial charge in [0.1, 0.15) is 23.7 Å². The van der Waals surface area contributed by atoms with E-state index in [4.69, 9.17) is 21.1 Å². The van der Waals surface area contributed by atoms with E-state index in [2.05, 4.69) is 17.6 Å². The van der Waals surface area contributed by atoms with Crippen LogP contribution in [0.2, 0.25) is 5.02 Å². The molecule has 0 saturated carbocycles. The highest BCUT2D eigenvalue weighted by molar-refractivity contribution is 6.33. The molecule has 0 radical (unpaired) electrons. The van der Waals surface area contributed by atoms with Crippen LogP contribution in [0.25, 0.3) is 11.1 Å². The van der Waals surface area contributed by atoms with Crippen molar-refractivity contribution in [2.75, 3.05) is 38.6 Å². The largest absolute Gasteiger partial charge is 0.497 e. The van der Waals surface area contributed by atoms with Gasteiger partial charge in [-0.05, 0) is 70.4 Å². The summed E-state index contributed by atoms with van der Waals surface area (Å²) in [5.41, 5.74) is -0.629. The van der Waals surface area contributed by atoms with Gasteiger partial charge in [-0.25, -0.2) is 18.8 Å². The number of benzene rings is 2. The SMILES string of the molecule is COc1ccc2c(c1)C(C)CN(C1CCN(C(=O)Cn3cc(-c4cccc(F)c4Cl)c(=O)n([C@@H](C)CNC(=O)OC(C)(C)C)c3=O)CC1)C(=O)N2. The summed E-state index contributed by atoms with van der Waals surface area (Å²) in [5.74, 6) is -0.376. The van der Waals surface area contributed by atoms with E-state index in [1.807, 2.05) is 17.0 Å². The van der Waals surface area contributed by atoms with Crippen molar-refractivity contribution in [3.8, 4) is 16.9 Å². The Balaban J connectivity index is 1.34. The molecule has 2 aromatic carbocycles. The molecule has 0 spiro atoms. The first-order chi connectivity index (χ1) is 24.1. The van der Waals surface area contributed by atoms with Gasteiger partial charge in [-0.3, -0.25) is 18.7 Å². The summed E-state index contributed by atoms with van der Waals surface area (Å²) < 4.78 is 27.2. The summed E-state index contributed by atoms with van der Waals surface area (Å²) in [5, 5.41) is 5.27. The second kappa shape index (κ2) is 15.2. The molecule has 1 unspecified atom stereocenters. The molecule has 5 rings (SSSR count). The number of nitrogens with zero attached hydrogens (tertiary/aromatic N) is 4. The molecule has 15 heteroatoms. The minimum atomic E-state index is -0.878. The van der Waals surface area contributed by atoms with E-state index < -0.39 is 41.3 Å². The smallest absolute Gasteiger partial charge is 0.407 e. The molecule has 1 saturated heterocycles. The normalized spacial score (nSPS) is 17.3. The second-order valence-electron chi connectivity index (χ2n) is 14.0. The van der Waals surface area contributed by atoms with Crippen LogP contribution in [0, 0.1) is 5.82 Å². The third kappa shape index (κ3) is 8.38. The predicted octanol–water partition coefficient (Wildman–Crippen LogP) is 5.21. The number of likely N-dealkylation sites (tertiary alicyclic amines) is 1. The van der Waals surface area contributed by atoms with Crippen molar-refractivity contribution in [2.24, 2.45) is 0 Å². The summed E-state index contributed by atoms with van der Waals surface area (Å²) >= 11 is 6.27. The number of nitrogens with one attached hydrogen (secondary N) is 2. The minimum Gasteiger partial charge on any atom is -0.497 e. The highest BCUT2D eigenvalue weighted by Crippen LogP contribution is 2.34. The number of hydrogen-bond acceptors (Lipinski definition) is 7. The lowest BCUT2D eigenvalue weighted by Gasteiger charge is -2.38. The summed E-state index contributed by atoms with van der Waals surface area (Å²) in [6.45, 7) is 9.35. The molecular formula is C36H44ClFN6O7. The van der Waals surface area contributed by atoms with Crippen LogP contribution in [0.4, 0.5) is 19.7 Å². The van der Waals surface area contributed by atoms with Gasteiger partial charge < -0.3 is 29.9 Å². The van der Waals surface area contributed by atoms with E-state index in [-0.39, 0.29) is 46.6 Å². The summed E-state index contributed by atoms with van der Waals surface area (Å²) in [6, 6.07) is 8.36. The predicted molar refractivity (Wildman–Crippen MR) is 191 cm³/mol. The van der Waals surface area contributed by atoms with Crippen molar-refractivity contribution < 1.29 is 28.2 Å². The second-order valence-corrected chi connectivity index (χ2v) is 14.4. The quantitative estimate of drug-likeness (QED) is 0.325. The highest BCUT2D eigenvalue weighted by atomic mass is 35.5. The number of fused-ring (bicyclic) bond motifs is 1. The Morgan fingerprint density at radius 1 is 1.10 bits per heavy atom. The van der Waals surface area contributed by atoms with Crippen molar-refractivity contribution in [3.63, 3.8) is 0 Å². The zero-order valence-corrected chi connectivity index (χ0v) is 30.4. The molecular weight excluding hydrogens is 683 g/mol. The first kappa shape index (κ1) is 37.4. The topological polar surface area (TPSA) is 144 Å². The molecule has 2 aliphatic rings. The number of hydrogen-bond donors (Lipinski definition) is 2. The number of anilines is 1. The van der Waals surface area contributed by atoms with E-state index >= 15 is 0 Å². The molecule has 13 nitrogen and oxygen atoms in total. The zero-order chi connectivity index (χ0) is 37.2. The Bertz CT molecular complexity index is 1930. The first-order valence-electron chi connectivity index (χ1n) is 16.9. The maximum atomic E-state index is 14.5. The molecule has 274 valence electrons. The van der Waals surface area contributed by atoms with Gasteiger partial charge in [0.2, 0.25) is 5.91 Å². The summed E-state index contributed by atoms with van der Waals surface area (Å²) in [4.78, 5) is 70.3. The van der Waals surface area contributed by atoms with Crippen molar-refractivity contribution in [2.45, 2.75) is 77.6 Å². The molecule has 1 aromatic heterocycles. The van der Waals surface area contributed by atoms with Crippen molar-refractivity contribution in [3.05, 3.63) is 79.8 Å². The van der Waals surface area contributed by atoms with E-state index in [9.17, 15) is 28.4 Å². The lowest BCUT2D eigenvalue weighted by molar-refractivity contribution is -0.133. The lowest BCUT2D eigenvalue weighted by atomic mass is 9.97.